The number of morpholine rings is 1. The summed E-state index contributed by atoms with van der Waals surface area (Å²) < 4.78 is 5.20. The molecule has 0 saturated carbocycles. The molecule has 114 valence electrons. The van der Waals surface area contributed by atoms with E-state index in [1.54, 1.807) is 18.7 Å². The smallest absolute Gasteiger partial charge is 0.245 e. The number of ether oxygens (including phenoxy) is 1. The van der Waals surface area contributed by atoms with E-state index in [-0.39, 0.29) is 16.8 Å². The fraction of sp³-hybridized carbons (Fsp3) is 0.769. The predicted molar refractivity (Wildman–Crippen MR) is 80.2 cm³/mol. The molecule has 1 aliphatic heterocycles. The Morgan fingerprint density at radius 3 is 2.45 bits per heavy atom. The second-order valence-corrected chi connectivity index (χ2v) is 5.62. The van der Waals surface area contributed by atoms with Crippen molar-refractivity contribution in [3.05, 3.63) is 0 Å². The van der Waals surface area contributed by atoms with E-state index < -0.39 is 11.5 Å². The van der Waals surface area contributed by atoms with Gasteiger partial charge in [-0.1, -0.05) is 19.1 Å². The van der Waals surface area contributed by atoms with Crippen LogP contribution in [0.25, 0.3) is 0 Å². The van der Waals surface area contributed by atoms with Gasteiger partial charge in [-0.3, -0.25) is 9.59 Å². The first-order chi connectivity index (χ1) is 9.32. The Bertz CT molecular complexity index is 396. The van der Waals surface area contributed by atoms with Gasteiger partial charge in [-0.25, -0.2) is 0 Å². The normalized spacial score (nSPS) is 19.9. The van der Waals surface area contributed by atoms with E-state index >= 15 is 0 Å². The fourth-order valence-electron chi connectivity index (χ4n) is 1.92. The topological polar surface area (TPSA) is 84.7 Å². The minimum absolute atomic E-state index is 0.108. The van der Waals surface area contributed by atoms with Crippen LogP contribution >= 0.6 is 12.2 Å². The van der Waals surface area contributed by atoms with Crippen molar-refractivity contribution in [2.75, 3.05) is 26.3 Å². The molecule has 1 rings (SSSR count). The first kappa shape index (κ1) is 16.8. The Balaban J connectivity index is 2.64. The van der Waals surface area contributed by atoms with Crippen LogP contribution in [0.3, 0.4) is 0 Å². The molecule has 7 heteroatoms. The van der Waals surface area contributed by atoms with Crippen molar-refractivity contribution in [3.63, 3.8) is 0 Å². The predicted octanol–water partition coefficient (Wildman–Crippen LogP) is 0.0523. The molecule has 1 saturated heterocycles. The highest BCUT2D eigenvalue weighted by Crippen LogP contribution is 2.22. The number of nitrogens with zero attached hydrogens (tertiary/aromatic N) is 1. The lowest BCUT2D eigenvalue weighted by molar-refractivity contribution is -0.140. The van der Waals surface area contributed by atoms with Crippen LogP contribution in [0, 0.1) is 5.41 Å². The molecule has 1 fully saturated rings. The van der Waals surface area contributed by atoms with Crippen molar-refractivity contribution in [1.82, 2.24) is 10.2 Å². The molecular formula is C13H23N3O3S. The van der Waals surface area contributed by atoms with Crippen molar-refractivity contribution in [1.29, 1.82) is 0 Å². The lowest BCUT2D eigenvalue weighted by Gasteiger charge is -2.31. The van der Waals surface area contributed by atoms with Crippen LogP contribution in [0.2, 0.25) is 0 Å². The molecule has 3 N–H and O–H groups in total. The van der Waals surface area contributed by atoms with E-state index in [0.717, 1.165) is 0 Å². The number of amides is 2. The van der Waals surface area contributed by atoms with Crippen LogP contribution in [0.4, 0.5) is 0 Å². The highest BCUT2D eigenvalue weighted by atomic mass is 32.1. The third-order valence-electron chi connectivity index (χ3n) is 3.79. The Morgan fingerprint density at radius 2 is 2.00 bits per heavy atom. The summed E-state index contributed by atoms with van der Waals surface area (Å²) in [4.78, 5) is 26.3. The Kier molecular flexibility index (Phi) is 5.88. The summed E-state index contributed by atoms with van der Waals surface area (Å²) >= 11 is 4.95. The summed E-state index contributed by atoms with van der Waals surface area (Å²) in [5.74, 6) is -0.412. The van der Waals surface area contributed by atoms with Crippen LogP contribution in [0.15, 0.2) is 0 Å². The van der Waals surface area contributed by atoms with Crippen molar-refractivity contribution < 1.29 is 14.3 Å². The van der Waals surface area contributed by atoms with Gasteiger partial charge in [0, 0.05) is 13.1 Å². The van der Waals surface area contributed by atoms with E-state index in [2.05, 4.69) is 5.32 Å². The zero-order valence-corrected chi connectivity index (χ0v) is 13.1. The van der Waals surface area contributed by atoms with Crippen LogP contribution in [0.5, 0.6) is 0 Å². The number of carbonyl (C=O) groups is 2. The Labute approximate surface area is 125 Å². The summed E-state index contributed by atoms with van der Waals surface area (Å²) in [6.07, 6.45) is 0.493. The molecule has 2 amide bonds. The Morgan fingerprint density at radius 1 is 1.45 bits per heavy atom. The highest BCUT2D eigenvalue weighted by Gasteiger charge is 2.36. The molecule has 0 radical (unpaired) electrons. The quantitative estimate of drug-likeness (QED) is 0.701. The van der Waals surface area contributed by atoms with Gasteiger partial charge in [0.1, 0.15) is 6.04 Å². The minimum Gasteiger partial charge on any atom is -0.392 e. The third-order valence-corrected chi connectivity index (χ3v) is 4.24. The van der Waals surface area contributed by atoms with Gasteiger partial charge < -0.3 is 20.7 Å². The Hall–Kier alpha value is -1.21. The number of nitrogens with two attached hydrogens (primary N) is 1. The first-order valence-corrected chi connectivity index (χ1v) is 7.21. The maximum Gasteiger partial charge on any atom is 0.245 e. The monoisotopic (exact) mass is 301 g/mol. The molecular weight excluding hydrogens is 278 g/mol. The van der Waals surface area contributed by atoms with Crippen LogP contribution in [0.1, 0.15) is 27.2 Å². The fourth-order valence-corrected chi connectivity index (χ4v) is 2.16. The summed E-state index contributed by atoms with van der Waals surface area (Å²) in [6, 6.07) is -0.596. The summed E-state index contributed by atoms with van der Waals surface area (Å²) in [7, 11) is 0. The highest BCUT2D eigenvalue weighted by molar-refractivity contribution is 7.80. The number of nitrogens with one attached hydrogen (secondary N) is 1. The molecule has 20 heavy (non-hydrogen) atoms. The molecule has 0 aromatic carbocycles. The van der Waals surface area contributed by atoms with Gasteiger partial charge in [0.15, 0.2) is 0 Å². The lowest BCUT2D eigenvalue weighted by atomic mass is 9.86. The lowest BCUT2D eigenvalue weighted by Crippen LogP contribution is -2.55. The van der Waals surface area contributed by atoms with E-state index in [0.29, 0.717) is 32.7 Å². The van der Waals surface area contributed by atoms with E-state index in [9.17, 15) is 9.59 Å². The minimum atomic E-state index is -0.922. The molecule has 0 spiro atoms. The number of rotatable bonds is 5. The summed E-state index contributed by atoms with van der Waals surface area (Å²) in [5, 5.41) is 2.71. The largest absolute Gasteiger partial charge is 0.392 e. The van der Waals surface area contributed by atoms with E-state index in [1.165, 1.54) is 0 Å². The molecule has 2 atom stereocenters. The van der Waals surface area contributed by atoms with Crippen LogP contribution in [-0.4, -0.2) is 54.0 Å². The number of thiocarbonyl (C=S) groups is 1. The molecule has 2 unspecified atom stereocenters. The summed E-state index contributed by atoms with van der Waals surface area (Å²) in [6.45, 7) is 7.38. The third kappa shape index (κ3) is 3.67. The van der Waals surface area contributed by atoms with Crippen molar-refractivity contribution >= 4 is 29.0 Å². The second kappa shape index (κ2) is 6.99. The van der Waals surface area contributed by atoms with Crippen LogP contribution in [-0.2, 0) is 14.3 Å². The molecule has 1 aliphatic rings. The van der Waals surface area contributed by atoms with Crippen molar-refractivity contribution in [3.8, 4) is 0 Å². The van der Waals surface area contributed by atoms with Crippen molar-refractivity contribution in [2.24, 2.45) is 11.1 Å². The zero-order valence-electron chi connectivity index (χ0n) is 12.3. The van der Waals surface area contributed by atoms with Gasteiger partial charge in [0.05, 0.1) is 23.6 Å². The van der Waals surface area contributed by atoms with Gasteiger partial charge in [-0.2, -0.15) is 0 Å². The van der Waals surface area contributed by atoms with E-state index in [4.69, 9.17) is 22.7 Å². The average Bonchev–Trinajstić information content (AvgIpc) is 2.45. The number of carbonyl (C=O) groups excluding carboxylic acids is 2. The maximum atomic E-state index is 12.3. The maximum absolute atomic E-state index is 12.3. The molecule has 0 aliphatic carbocycles. The SMILES string of the molecule is CCC(C)(C(=O)NC(C)C(=O)N1CCOCC1)C(N)=S. The molecule has 1 heterocycles. The van der Waals surface area contributed by atoms with Gasteiger partial charge >= 0.3 is 0 Å². The second-order valence-electron chi connectivity index (χ2n) is 5.18. The van der Waals surface area contributed by atoms with Crippen LogP contribution < -0.4 is 11.1 Å². The zero-order chi connectivity index (χ0) is 15.3. The molecule has 0 aromatic heterocycles. The molecule has 6 nitrogen and oxygen atoms in total. The average molecular weight is 301 g/mol. The van der Waals surface area contributed by atoms with E-state index in [1.807, 2.05) is 6.92 Å². The van der Waals surface area contributed by atoms with Gasteiger partial charge in [-0.15, -0.1) is 0 Å². The van der Waals surface area contributed by atoms with Crippen molar-refractivity contribution in [2.45, 2.75) is 33.2 Å². The summed E-state index contributed by atoms with van der Waals surface area (Å²) in [5.41, 5.74) is 4.71. The van der Waals surface area contributed by atoms with Gasteiger partial charge in [0.25, 0.3) is 0 Å². The first-order valence-electron chi connectivity index (χ1n) is 6.80. The number of hydrogen-bond donors (Lipinski definition) is 2. The number of hydrogen-bond acceptors (Lipinski definition) is 4. The van der Waals surface area contributed by atoms with Gasteiger partial charge in [-0.05, 0) is 20.3 Å². The van der Waals surface area contributed by atoms with Gasteiger partial charge in [0.2, 0.25) is 11.8 Å². The standard InChI is InChI=1S/C13H23N3O3S/c1-4-13(3,11(14)20)12(18)15-9(2)10(17)16-5-7-19-8-6-16/h9H,4-8H2,1-3H3,(H2,14,20)(H,15,18). The molecule has 0 bridgehead atoms. The molecule has 0 aromatic rings.